The summed E-state index contributed by atoms with van der Waals surface area (Å²) in [6.45, 7) is 15.8. The molecule has 0 amide bonds. The van der Waals surface area contributed by atoms with Crippen LogP contribution in [0.2, 0.25) is 13.3 Å². The molecule has 0 radical (unpaired) electrons. The number of carboxylic acids is 2. The van der Waals surface area contributed by atoms with Crippen LogP contribution in [0.25, 0.3) is 0 Å². The average Bonchev–Trinajstić information content (AvgIpc) is 2.57. The Balaban J connectivity index is -0.000000128. The number of hydrogen-bond acceptors (Lipinski definition) is 4. The molecular weight excluding hydrogens is 542 g/mol. The molecule has 0 aliphatic carbocycles. The molecule has 0 aromatic heterocycles. The molecule has 0 heterocycles. The first-order valence-corrected chi connectivity index (χ1v) is 15.3. The first-order chi connectivity index (χ1) is 12.1. The van der Waals surface area contributed by atoms with Crippen LogP contribution in [0.5, 0.6) is 0 Å². The fraction of sp³-hybridized carbons (Fsp3) is 0.700. The summed E-state index contributed by atoms with van der Waals surface area (Å²) in [6.07, 6.45) is 8.63. The number of hydrogen-bond donors (Lipinski definition) is 0. The molecule has 146 valence electrons. The van der Waals surface area contributed by atoms with E-state index < -0.39 is 11.9 Å². The van der Waals surface area contributed by atoms with Crippen molar-refractivity contribution in [1.82, 2.24) is 0 Å². The molecule has 0 aromatic carbocycles. The predicted molar refractivity (Wildman–Crippen MR) is 110 cm³/mol. The summed E-state index contributed by atoms with van der Waals surface area (Å²) in [7, 11) is 0. The van der Waals surface area contributed by atoms with Gasteiger partial charge in [-0.15, -0.1) is 0 Å². The van der Waals surface area contributed by atoms with E-state index in [-0.39, 0.29) is 32.3 Å². The Morgan fingerprint density at radius 2 is 1.08 bits per heavy atom. The second-order valence-corrected chi connectivity index (χ2v) is 11.4. The van der Waals surface area contributed by atoms with E-state index >= 15 is 0 Å². The van der Waals surface area contributed by atoms with E-state index in [2.05, 4.69) is 33.9 Å². The van der Waals surface area contributed by atoms with E-state index in [0.29, 0.717) is 0 Å². The molecule has 0 saturated heterocycles. The quantitative estimate of drug-likeness (QED) is 0.227. The number of carbonyl (C=O) groups is 2. The van der Waals surface area contributed by atoms with E-state index in [4.69, 9.17) is 0 Å². The topological polar surface area (TPSA) is 80.3 Å². The van der Waals surface area contributed by atoms with Crippen LogP contribution in [0.1, 0.15) is 73.1 Å². The number of unbranched alkanes of at least 4 members (excludes halogenated alkanes) is 3. The Bertz CT molecular complexity index is 300. The fourth-order valence-corrected chi connectivity index (χ4v) is 6.07. The molecule has 0 fully saturated rings. The van der Waals surface area contributed by atoms with Gasteiger partial charge in [-0.05, 0) is 25.0 Å². The van der Waals surface area contributed by atoms with E-state index in [1.165, 1.54) is 56.8 Å². The second kappa shape index (κ2) is 29.8. The van der Waals surface area contributed by atoms with Gasteiger partial charge in [0.25, 0.3) is 0 Å². The molecule has 0 aliphatic heterocycles. The van der Waals surface area contributed by atoms with Crippen LogP contribution in [-0.4, -0.2) is 55.6 Å². The SMILES string of the molecule is C=C(C)C(=O)[O-].C=C(C)C(=O)[O-].CCC[CH2][Sn+2][CH2]CCC.CCC[CH2][Sn+3]. The van der Waals surface area contributed by atoms with E-state index in [1.807, 2.05) is 0 Å². The van der Waals surface area contributed by atoms with Gasteiger partial charge in [0.15, 0.2) is 0 Å². The normalized spacial score (nSPS) is 8.27. The summed E-state index contributed by atoms with van der Waals surface area (Å²) in [5.74, 6) is -2.37. The van der Waals surface area contributed by atoms with Crippen LogP contribution in [-0.2, 0) is 9.59 Å². The third-order valence-corrected chi connectivity index (χ3v) is 7.69. The molecule has 0 aliphatic rings. The third-order valence-electron chi connectivity index (χ3n) is 2.64. The summed E-state index contributed by atoms with van der Waals surface area (Å²) in [5.41, 5.74) is 0.130. The Labute approximate surface area is 185 Å². The van der Waals surface area contributed by atoms with Crippen molar-refractivity contribution < 1.29 is 19.8 Å². The van der Waals surface area contributed by atoms with E-state index in [0.717, 1.165) is 0 Å². The molecule has 0 N–H and O–H groups in total. The van der Waals surface area contributed by atoms with Gasteiger partial charge >= 0.3 is 116 Å². The molecule has 0 rings (SSSR count). The van der Waals surface area contributed by atoms with Crippen LogP contribution >= 0.6 is 0 Å². The van der Waals surface area contributed by atoms with Crippen molar-refractivity contribution in [3.63, 3.8) is 0 Å². The zero-order chi connectivity index (χ0) is 21.4. The van der Waals surface area contributed by atoms with Crippen LogP contribution < -0.4 is 10.2 Å². The van der Waals surface area contributed by atoms with Crippen molar-refractivity contribution >= 4 is 55.6 Å². The molecular formula is C20H37O4Sn2+3. The van der Waals surface area contributed by atoms with Crippen molar-refractivity contribution in [2.24, 2.45) is 0 Å². The Morgan fingerprint density at radius 1 is 0.808 bits per heavy atom. The van der Waals surface area contributed by atoms with Crippen molar-refractivity contribution in [2.75, 3.05) is 0 Å². The van der Waals surface area contributed by atoms with Gasteiger partial charge in [0.2, 0.25) is 0 Å². The van der Waals surface area contributed by atoms with Gasteiger partial charge in [-0.2, -0.15) is 0 Å². The van der Waals surface area contributed by atoms with Gasteiger partial charge < -0.3 is 19.8 Å². The van der Waals surface area contributed by atoms with Crippen LogP contribution in [0.4, 0.5) is 0 Å². The number of aliphatic carboxylic acids is 2. The molecule has 0 atom stereocenters. The van der Waals surface area contributed by atoms with Crippen molar-refractivity contribution in [1.29, 1.82) is 0 Å². The second-order valence-electron chi connectivity index (χ2n) is 5.70. The Hall–Kier alpha value is 0.0174. The first-order valence-electron chi connectivity index (χ1n) is 9.21. The zero-order valence-electron chi connectivity index (χ0n) is 17.4. The molecule has 26 heavy (non-hydrogen) atoms. The molecule has 4 nitrogen and oxygen atoms in total. The maximum atomic E-state index is 9.49. The van der Waals surface area contributed by atoms with Crippen molar-refractivity contribution in [3.05, 3.63) is 24.3 Å². The molecule has 0 aromatic rings. The minimum absolute atomic E-state index is 0.0648. The van der Waals surface area contributed by atoms with Gasteiger partial charge in [-0.1, -0.05) is 13.2 Å². The maximum absolute atomic E-state index is 9.49. The zero-order valence-corrected chi connectivity index (χ0v) is 23.1. The summed E-state index contributed by atoms with van der Waals surface area (Å²) < 4.78 is 4.68. The molecule has 0 spiro atoms. The van der Waals surface area contributed by atoms with Gasteiger partial charge in [-0.3, -0.25) is 0 Å². The van der Waals surface area contributed by atoms with Crippen LogP contribution in [0.15, 0.2) is 24.3 Å². The Kier molecular flexibility index (Phi) is 38.5. The van der Waals surface area contributed by atoms with Crippen LogP contribution in [0.3, 0.4) is 0 Å². The minimum atomic E-state index is -1.19. The third kappa shape index (κ3) is 49.6. The summed E-state index contributed by atoms with van der Waals surface area (Å²) in [5, 5.41) is 19.0. The van der Waals surface area contributed by atoms with E-state index in [9.17, 15) is 19.8 Å². The molecule has 0 bridgehead atoms. The molecule has 6 heteroatoms. The average molecular weight is 579 g/mol. The summed E-state index contributed by atoms with van der Waals surface area (Å²) in [6, 6.07) is 0. The van der Waals surface area contributed by atoms with Crippen LogP contribution in [0, 0.1) is 0 Å². The van der Waals surface area contributed by atoms with Gasteiger partial charge in [0.05, 0.1) is 11.9 Å². The summed E-state index contributed by atoms with van der Waals surface area (Å²) >= 11 is 1.83. The van der Waals surface area contributed by atoms with Gasteiger partial charge in [0.1, 0.15) is 0 Å². The monoisotopic (exact) mass is 581 g/mol. The number of rotatable bonds is 10. The Morgan fingerprint density at radius 3 is 1.19 bits per heavy atom. The fourth-order valence-electron chi connectivity index (χ4n) is 0.905. The predicted octanol–water partition coefficient (Wildman–Crippen LogP) is 3.13. The van der Waals surface area contributed by atoms with Crippen molar-refractivity contribution in [3.8, 4) is 0 Å². The van der Waals surface area contributed by atoms with Crippen molar-refractivity contribution in [2.45, 2.75) is 86.5 Å². The number of carboxylic acid groups (broad SMARTS) is 2. The molecule has 0 saturated carbocycles. The summed E-state index contributed by atoms with van der Waals surface area (Å²) in [4.78, 5) is 19.0. The standard InChI is InChI=1S/2C4H6O2.3C4H9.2Sn/c2*1-3(2)4(5)6;3*1-3-4-2;;/h2*1H2,2H3,(H,5,6);3*1,3-4H2,2H3;;/q;;;;;+2;+3/p-2. The van der Waals surface area contributed by atoms with Gasteiger partial charge in [0, 0.05) is 0 Å². The molecule has 0 unspecified atom stereocenters. The number of carbonyl (C=O) groups excluding carboxylic acids is 2. The first kappa shape index (κ1) is 33.6. The van der Waals surface area contributed by atoms with E-state index in [1.54, 1.807) is 31.4 Å². The van der Waals surface area contributed by atoms with Gasteiger partial charge in [-0.25, -0.2) is 0 Å².